The molecule has 1 spiro atoms. The molecule has 0 radical (unpaired) electrons. The molecule has 4 aromatic rings. The lowest BCUT2D eigenvalue weighted by atomic mass is 9.74. The number of nitrogens with zero attached hydrogens (tertiary/aromatic N) is 3. The van der Waals surface area contributed by atoms with Crippen molar-refractivity contribution in [2.24, 2.45) is 4.99 Å². The third-order valence-electron chi connectivity index (χ3n) is 9.77. The van der Waals surface area contributed by atoms with Gasteiger partial charge in [0.15, 0.2) is 5.54 Å². The second kappa shape index (κ2) is 11.2. The molecule has 1 fully saturated rings. The largest absolute Gasteiger partial charge is 0.303 e. The Morgan fingerprint density at radius 1 is 0.698 bits per heavy atom. The quantitative estimate of drug-likeness (QED) is 0.241. The van der Waals surface area contributed by atoms with Crippen molar-refractivity contribution in [3.63, 3.8) is 0 Å². The minimum atomic E-state index is -1.43. The van der Waals surface area contributed by atoms with E-state index in [1.165, 1.54) is 55.5 Å². The van der Waals surface area contributed by atoms with Crippen LogP contribution in [0.15, 0.2) is 108 Å². The summed E-state index contributed by atoms with van der Waals surface area (Å²) in [6.07, 6.45) is 5.56. The molecule has 2 heterocycles. The van der Waals surface area contributed by atoms with Crippen molar-refractivity contribution in [2.75, 3.05) is 26.2 Å². The summed E-state index contributed by atoms with van der Waals surface area (Å²) in [5.41, 5.74) is 3.90. The molecule has 1 amide bonds. The highest BCUT2D eigenvalue weighted by molar-refractivity contribution is 6.16. The summed E-state index contributed by atoms with van der Waals surface area (Å²) in [6, 6.07) is 30.5. The number of carbonyl (C=O) groups excluding carboxylic acids is 1. The Bertz CT molecular complexity index is 1600. The topological polar surface area (TPSA) is 35.9 Å². The molecular weight excluding hydrogens is 540 g/mol. The Morgan fingerprint density at radius 2 is 1.30 bits per heavy atom. The van der Waals surface area contributed by atoms with Crippen LogP contribution in [-0.4, -0.2) is 47.7 Å². The molecule has 0 N–H and O–H groups in total. The highest BCUT2D eigenvalue weighted by Gasteiger charge is 2.51. The number of benzene rings is 4. The van der Waals surface area contributed by atoms with E-state index in [-0.39, 0.29) is 5.91 Å². The van der Waals surface area contributed by atoms with Gasteiger partial charge in [0.25, 0.3) is 5.91 Å². The van der Waals surface area contributed by atoms with Crippen LogP contribution in [0.5, 0.6) is 0 Å². The molecule has 0 atom stereocenters. The average molecular weight is 576 g/mol. The number of fused-ring (bicyclic) bond motifs is 2. The summed E-state index contributed by atoms with van der Waals surface area (Å²) in [7, 11) is 0. The van der Waals surface area contributed by atoms with Crippen LogP contribution >= 0.6 is 0 Å². The first-order chi connectivity index (χ1) is 21.0. The van der Waals surface area contributed by atoms with Gasteiger partial charge in [-0.25, -0.2) is 13.8 Å². The molecule has 1 aliphatic carbocycles. The molecule has 43 heavy (non-hydrogen) atoms. The second-order valence-electron chi connectivity index (χ2n) is 12.1. The fraction of sp³-hybridized carbons (Fsp3) is 0.297. The van der Waals surface area contributed by atoms with E-state index >= 15 is 0 Å². The molecule has 7 rings (SSSR count). The zero-order chi connectivity index (χ0) is 29.4. The number of amidine groups is 1. The van der Waals surface area contributed by atoms with E-state index in [0.29, 0.717) is 28.9 Å². The van der Waals surface area contributed by atoms with Gasteiger partial charge in [-0.2, -0.15) is 0 Å². The summed E-state index contributed by atoms with van der Waals surface area (Å²) in [5.74, 6) is -0.405. The third kappa shape index (κ3) is 4.88. The molecule has 0 aromatic heterocycles. The van der Waals surface area contributed by atoms with Gasteiger partial charge in [-0.3, -0.25) is 9.69 Å². The van der Waals surface area contributed by atoms with Crippen LogP contribution in [0.2, 0.25) is 0 Å². The molecule has 4 nitrogen and oxygen atoms in total. The Labute approximate surface area is 251 Å². The maximum atomic E-state index is 14.6. The van der Waals surface area contributed by atoms with E-state index in [1.54, 1.807) is 34.7 Å². The van der Waals surface area contributed by atoms with Crippen molar-refractivity contribution in [1.82, 2.24) is 9.80 Å². The van der Waals surface area contributed by atoms with Gasteiger partial charge < -0.3 is 4.90 Å². The van der Waals surface area contributed by atoms with E-state index in [2.05, 4.69) is 29.2 Å². The number of piperidine rings is 1. The normalized spacial score (nSPS) is 19.1. The van der Waals surface area contributed by atoms with Crippen LogP contribution in [0, 0.1) is 11.6 Å². The minimum absolute atomic E-state index is 0.204. The van der Waals surface area contributed by atoms with Crippen LogP contribution in [0.3, 0.4) is 0 Å². The lowest BCUT2D eigenvalue weighted by molar-refractivity contribution is -0.130. The molecule has 218 valence electrons. The van der Waals surface area contributed by atoms with Gasteiger partial charge in [0, 0.05) is 12.1 Å². The number of halogens is 2. The monoisotopic (exact) mass is 575 g/mol. The SMILES string of the molecule is O=C1N(CCCN2CCC3(CCc4ccccc43)CC2)C(c2ccccc2)=NC1(c1ccc(F)cc1)c1ccc(F)cc1. The van der Waals surface area contributed by atoms with Crippen LogP contribution in [0.1, 0.15) is 53.5 Å². The summed E-state index contributed by atoms with van der Waals surface area (Å²) in [5, 5.41) is 0. The highest BCUT2D eigenvalue weighted by Crippen LogP contribution is 2.46. The van der Waals surface area contributed by atoms with Crippen molar-refractivity contribution >= 4 is 11.7 Å². The van der Waals surface area contributed by atoms with Crippen LogP contribution in [-0.2, 0) is 22.2 Å². The van der Waals surface area contributed by atoms with Gasteiger partial charge in [-0.1, -0.05) is 78.9 Å². The van der Waals surface area contributed by atoms with Crippen molar-refractivity contribution in [3.8, 4) is 0 Å². The van der Waals surface area contributed by atoms with E-state index in [0.717, 1.165) is 31.6 Å². The van der Waals surface area contributed by atoms with E-state index < -0.39 is 17.2 Å². The molecule has 3 aliphatic rings. The standard InChI is InChI=1S/C37H35F2N3O/c38-31-15-11-29(12-16-31)37(30-13-17-32(39)18-14-30)35(43)42(34(40-37)28-8-2-1-3-9-28)24-6-23-41-25-21-36(22-26-41)20-19-27-7-4-5-10-33(27)36/h1-5,7-18H,6,19-26H2. The molecular formula is C37H35F2N3O. The van der Waals surface area contributed by atoms with Crippen molar-refractivity contribution < 1.29 is 13.6 Å². The first-order valence-corrected chi connectivity index (χ1v) is 15.3. The number of amides is 1. The lowest BCUT2D eigenvalue weighted by Gasteiger charge is -2.40. The first-order valence-electron chi connectivity index (χ1n) is 15.3. The second-order valence-corrected chi connectivity index (χ2v) is 12.1. The van der Waals surface area contributed by atoms with Gasteiger partial charge in [-0.05, 0) is 104 Å². The maximum Gasteiger partial charge on any atom is 0.265 e. The number of likely N-dealkylation sites (tertiary alicyclic amines) is 1. The summed E-state index contributed by atoms with van der Waals surface area (Å²) >= 11 is 0. The number of carbonyl (C=O) groups is 1. The fourth-order valence-electron chi connectivity index (χ4n) is 7.44. The van der Waals surface area contributed by atoms with Gasteiger partial charge in [0.05, 0.1) is 0 Å². The third-order valence-corrected chi connectivity index (χ3v) is 9.77. The van der Waals surface area contributed by atoms with Crippen molar-refractivity contribution in [3.05, 3.63) is 143 Å². The predicted molar refractivity (Wildman–Crippen MR) is 165 cm³/mol. The number of hydrogen-bond acceptors (Lipinski definition) is 3. The van der Waals surface area contributed by atoms with E-state index in [1.807, 2.05) is 30.3 Å². The van der Waals surface area contributed by atoms with Crippen LogP contribution < -0.4 is 0 Å². The van der Waals surface area contributed by atoms with Gasteiger partial charge in [0.2, 0.25) is 0 Å². The average Bonchev–Trinajstić information content (AvgIpc) is 3.55. The maximum absolute atomic E-state index is 14.6. The van der Waals surface area contributed by atoms with Gasteiger partial charge in [0.1, 0.15) is 17.5 Å². The Kier molecular flexibility index (Phi) is 7.18. The summed E-state index contributed by atoms with van der Waals surface area (Å²) in [6.45, 7) is 3.50. The lowest BCUT2D eigenvalue weighted by Crippen LogP contribution is -2.44. The van der Waals surface area contributed by atoms with E-state index in [4.69, 9.17) is 4.99 Å². The molecule has 2 aliphatic heterocycles. The molecule has 4 aromatic carbocycles. The van der Waals surface area contributed by atoms with Crippen LogP contribution in [0.25, 0.3) is 0 Å². The zero-order valence-electron chi connectivity index (χ0n) is 24.2. The molecule has 0 bridgehead atoms. The van der Waals surface area contributed by atoms with Gasteiger partial charge in [-0.15, -0.1) is 0 Å². The Morgan fingerprint density at radius 3 is 1.95 bits per heavy atom. The van der Waals surface area contributed by atoms with E-state index in [9.17, 15) is 13.6 Å². The summed E-state index contributed by atoms with van der Waals surface area (Å²) in [4.78, 5) is 24.0. The Hall–Kier alpha value is -4.16. The van der Waals surface area contributed by atoms with Crippen LogP contribution in [0.4, 0.5) is 8.78 Å². The molecule has 1 saturated heterocycles. The minimum Gasteiger partial charge on any atom is -0.303 e. The van der Waals surface area contributed by atoms with Gasteiger partial charge >= 0.3 is 0 Å². The zero-order valence-corrected chi connectivity index (χ0v) is 24.2. The smallest absolute Gasteiger partial charge is 0.265 e. The summed E-state index contributed by atoms with van der Waals surface area (Å²) < 4.78 is 28.0. The molecule has 0 unspecified atom stereocenters. The number of aryl methyl sites for hydroxylation is 1. The number of aliphatic imine (C=N–C) groups is 1. The predicted octanol–water partition coefficient (Wildman–Crippen LogP) is 6.87. The van der Waals surface area contributed by atoms with Crippen molar-refractivity contribution in [1.29, 1.82) is 0 Å². The number of hydrogen-bond donors (Lipinski definition) is 0. The first kappa shape index (κ1) is 27.7. The molecule has 6 heteroatoms. The Balaban J connectivity index is 1.14. The molecule has 0 saturated carbocycles. The van der Waals surface area contributed by atoms with Crippen molar-refractivity contribution in [2.45, 2.75) is 43.1 Å². The fourth-order valence-corrected chi connectivity index (χ4v) is 7.44. The number of rotatable bonds is 7. The highest BCUT2D eigenvalue weighted by atomic mass is 19.1.